The molecule has 0 saturated heterocycles. The van der Waals surface area contributed by atoms with Crippen molar-refractivity contribution in [3.63, 3.8) is 0 Å². The average Bonchev–Trinajstić information content (AvgIpc) is 3.07. The van der Waals surface area contributed by atoms with Crippen molar-refractivity contribution in [2.75, 3.05) is 0 Å². The predicted octanol–water partition coefficient (Wildman–Crippen LogP) is 11.0. The Morgan fingerprint density at radius 2 is 1.17 bits per heavy atom. The summed E-state index contributed by atoms with van der Waals surface area (Å²) in [4.78, 5) is 24.2. The number of carboxylic acid groups (broad SMARTS) is 1. The number of esters is 1. The first-order valence-corrected chi connectivity index (χ1v) is 17.6. The number of aliphatic carboxylic acids is 1. The van der Waals surface area contributed by atoms with Crippen molar-refractivity contribution in [3.8, 4) is 17.2 Å². The molecule has 0 aliphatic heterocycles. The molecule has 0 spiro atoms. The summed E-state index contributed by atoms with van der Waals surface area (Å²) >= 11 is 0. The highest BCUT2D eigenvalue weighted by molar-refractivity contribution is 5.81. The normalized spacial score (nSPS) is 22.5. The summed E-state index contributed by atoms with van der Waals surface area (Å²) in [6.07, 6.45) is 16.8. The molecule has 0 aromatic heterocycles. The molecule has 10 heteroatoms. The van der Waals surface area contributed by atoms with Crippen LogP contribution in [-0.2, 0) is 15.0 Å². The molecule has 2 aliphatic carbocycles. The van der Waals surface area contributed by atoms with Crippen molar-refractivity contribution >= 4 is 11.9 Å². The number of alkyl halides is 4. The molecule has 268 valence electrons. The van der Waals surface area contributed by atoms with Gasteiger partial charge >= 0.3 is 25.2 Å². The van der Waals surface area contributed by atoms with Crippen LogP contribution in [0.4, 0.5) is 17.6 Å². The van der Waals surface area contributed by atoms with Gasteiger partial charge in [0.25, 0.3) is 0 Å². The van der Waals surface area contributed by atoms with Crippen molar-refractivity contribution in [1.29, 1.82) is 0 Å². The van der Waals surface area contributed by atoms with Gasteiger partial charge in [-0.15, -0.1) is 0 Å². The van der Waals surface area contributed by atoms with E-state index in [9.17, 15) is 32.3 Å². The largest absolute Gasteiger partial charge is 0.481 e. The van der Waals surface area contributed by atoms with Crippen LogP contribution in [0.2, 0.25) is 0 Å². The minimum Gasteiger partial charge on any atom is -0.481 e. The van der Waals surface area contributed by atoms with E-state index in [0.717, 1.165) is 44.4 Å². The molecule has 2 fully saturated rings. The Kier molecular flexibility index (Phi) is 16.5. The molecule has 0 radical (unpaired) electrons. The van der Waals surface area contributed by atoms with Crippen molar-refractivity contribution in [3.05, 3.63) is 54.1 Å². The first-order valence-electron chi connectivity index (χ1n) is 17.6. The molecule has 6 nitrogen and oxygen atoms in total. The lowest BCUT2D eigenvalue weighted by Gasteiger charge is -2.37. The van der Waals surface area contributed by atoms with Crippen LogP contribution in [0.15, 0.2) is 48.5 Å². The highest BCUT2D eigenvalue weighted by Crippen LogP contribution is 2.44. The van der Waals surface area contributed by atoms with E-state index < -0.39 is 24.6 Å². The first kappa shape index (κ1) is 39.1. The van der Waals surface area contributed by atoms with Gasteiger partial charge in [0, 0.05) is 0 Å². The number of unbranched alkanes of at least 4 members (excludes halogenated alkanes) is 4. The fraction of sp³-hybridized carbons (Fsp3) is 0.632. The topological polar surface area (TPSA) is 82.1 Å². The molecule has 0 heterocycles. The molecule has 2 aliphatic rings. The highest BCUT2D eigenvalue weighted by atomic mass is 19.3. The summed E-state index contributed by atoms with van der Waals surface area (Å²) in [5, 5.41) is 9.84. The second-order valence-electron chi connectivity index (χ2n) is 13.2. The molecule has 0 bridgehead atoms. The molecule has 1 N–H and O–H groups in total. The fourth-order valence-corrected chi connectivity index (χ4v) is 6.97. The van der Waals surface area contributed by atoms with Crippen LogP contribution < -0.4 is 14.2 Å². The van der Waals surface area contributed by atoms with Crippen molar-refractivity contribution in [2.24, 2.45) is 17.8 Å². The van der Waals surface area contributed by atoms with E-state index in [1.807, 2.05) is 0 Å². The summed E-state index contributed by atoms with van der Waals surface area (Å²) in [7, 11) is 0. The van der Waals surface area contributed by atoms with Crippen LogP contribution in [0.25, 0.3) is 0 Å². The van der Waals surface area contributed by atoms with E-state index in [-0.39, 0.29) is 23.4 Å². The van der Waals surface area contributed by atoms with E-state index in [1.54, 1.807) is 12.1 Å². The number of rotatable bonds is 16. The minimum atomic E-state index is -2.87. The molecular formula is C38H52F4O6. The van der Waals surface area contributed by atoms with Crippen LogP contribution in [0.1, 0.15) is 122 Å². The number of carboxylic acids is 1. The number of carbonyl (C=O) groups excluding carboxylic acids is 1. The van der Waals surface area contributed by atoms with Gasteiger partial charge in [-0.2, -0.15) is 17.6 Å². The first-order chi connectivity index (χ1) is 23.1. The second-order valence-corrected chi connectivity index (χ2v) is 13.2. The van der Waals surface area contributed by atoms with E-state index in [0.29, 0.717) is 30.1 Å². The van der Waals surface area contributed by atoms with Crippen molar-refractivity contribution < 1.29 is 46.5 Å². The fourth-order valence-electron chi connectivity index (χ4n) is 6.97. The number of hydrogen-bond acceptors (Lipinski definition) is 5. The average molecular weight is 681 g/mol. The van der Waals surface area contributed by atoms with E-state index >= 15 is 0 Å². The SMILES string of the molecule is CCCCC1CCC(C(=O)Oc2ccc(OC(F)F)cc2)CC1.CCCCCCC1CCC(C(=O)O)(c2ccc(OC(F)F)cc2)CC1. The van der Waals surface area contributed by atoms with Gasteiger partial charge in [-0.05, 0) is 105 Å². The Bertz CT molecular complexity index is 1200. The van der Waals surface area contributed by atoms with Crippen LogP contribution >= 0.6 is 0 Å². The van der Waals surface area contributed by atoms with Crippen LogP contribution in [0.3, 0.4) is 0 Å². The maximum atomic E-state index is 12.3. The summed E-state index contributed by atoms with van der Waals surface area (Å²) in [6.45, 7) is -1.34. The third kappa shape index (κ3) is 12.6. The summed E-state index contributed by atoms with van der Waals surface area (Å²) in [5.41, 5.74) is -0.213. The van der Waals surface area contributed by atoms with Crippen molar-refractivity contribution in [2.45, 2.75) is 135 Å². The number of halogens is 4. The number of carbonyl (C=O) groups is 2. The number of ether oxygens (including phenoxy) is 3. The minimum absolute atomic E-state index is 0.0510. The van der Waals surface area contributed by atoms with Crippen molar-refractivity contribution in [1.82, 2.24) is 0 Å². The van der Waals surface area contributed by atoms with E-state index in [1.165, 1.54) is 87.8 Å². The van der Waals surface area contributed by atoms with Gasteiger partial charge in [0.05, 0.1) is 11.3 Å². The molecule has 4 rings (SSSR count). The van der Waals surface area contributed by atoms with E-state index in [4.69, 9.17) is 4.74 Å². The summed E-state index contributed by atoms with van der Waals surface area (Å²) in [5.74, 6) is 0.728. The van der Waals surface area contributed by atoms with Gasteiger partial charge < -0.3 is 19.3 Å². The van der Waals surface area contributed by atoms with E-state index in [2.05, 4.69) is 23.3 Å². The molecule has 2 aromatic carbocycles. The quantitative estimate of drug-likeness (QED) is 0.0822. The Hall–Kier alpha value is -3.30. The van der Waals surface area contributed by atoms with Crippen LogP contribution in [0.5, 0.6) is 17.2 Å². The van der Waals surface area contributed by atoms with Gasteiger partial charge in [-0.1, -0.05) is 77.3 Å². The lowest BCUT2D eigenvalue weighted by molar-refractivity contribution is -0.145. The smallest absolute Gasteiger partial charge is 0.387 e. The molecule has 2 saturated carbocycles. The Morgan fingerprint density at radius 3 is 1.67 bits per heavy atom. The predicted molar refractivity (Wildman–Crippen MR) is 177 cm³/mol. The number of hydrogen-bond donors (Lipinski definition) is 1. The molecule has 0 amide bonds. The third-order valence-electron chi connectivity index (χ3n) is 9.88. The maximum Gasteiger partial charge on any atom is 0.387 e. The molecule has 0 atom stereocenters. The third-order valence-corrected chi connectivity index (χ3v) is 9.88. The maximum absolute atomic E-state index is 12.3. The highest BCUT2D eigenvalue weighted by Gasteiger charge is 2.43. The standard InChI is InChI=1S/C20H28F2O3.C18H24F2O3/c1-2-3-4-5-6-15-11-13-20(14-12-15,18(23)24)16-7-9-17(10-8-16)25-19(21)22;1-2-3-4-13-5-7-14(8-6-13)17(21)22-15-9-11-16(12-10-15)23-18(19)20/h7-10,15,19H,2-6,11-14H2,1H3,(H,23,24);9-14,18H,2-8H2,1H3. The zero-order valence-electron chi connectivity index (χ0n) is 28.3. The molecular weight excluding hydrogens is 628 g/mol. The van der Waals surface area contributed by atoms with Gasteiger partial charge in [0.15, 0.2) is 0 Å². The van der Waals surface area contributed by atoms with Gasteiger partial charge in [-0.3, -0.25) is 9.59 Å². The van der Waals surface area contributed by atoms with Gasteiger partial charge in [0.2, 0.25) is 0 Å². The summed E-state index contributed by atoms with van der Waals surface area (Å²) in [6, 6.07) is 11.8. The zero-order chi connectivity index (χ0) is 34.9. The van der Waals surface area contributed by atoms with Crippen LogP contribution in [0, 0.1) is 17.8 Å². The van der Waals surface area contributed by atoms with Crippen LogP contribution in [-0.4, -0.2) is 30.3 Å². The molecule has 48 heavy (non-hydrogen) atoms. The Labute approximate surface area is 282 Å². The lowest BCUT2D eigenvalue weighted by atomic mass is 9.66. The monoisotopic (exact) mass is 680 g/mol. The lowest BCUT2D eigenvalue weighted by Crippen LogP contribution is -2.39. The zero-order valence-corrected chi connectivity index (χ0v) is 28.3. The number of benzene rings is 2. The molecule has 0 unspecified atom stereocenters. The Morgan fingerprint density at radius 1 is 0.688 bits per heavy atom. The second kappa shape index (κ2) is 20.3. The Balaban J connectivity index is 0.000000261. The molecule has 2 aromatic rings. The summed E-state index contributed by atoms with van der Waals surface area (Å²) < 4.78 is 62.6. The van der Waals surface area contributed by atoms with Gasteiger partial charge in [0.1, 0.15) is 17.2 Å². The van der Waals surface area contributed by atoms with Gasteiger partial charge in [-0.25, -0.2) is 0 Å².